The molecular weight excluding hydrogens is 330 g/mol. The molecule has 5 heteroatoms. The highest BCUT2D eigenvalue weighted by molar-refractivity contribution is 9.10. The maximum absolute atomic E-state index is 5.75. The van der Waals surface area contributed by atoms with Crippen LogP contribution in [0.5, 0.6) is 0 Å². The molecule has 21 heavy (non-hydrogen) atoms. The topological polar surface area (TPSA) is 42.2 Å². The second-order valence-corrected chi connectivity index (χ2v) is 5.78. The SMILES string of the molecule is CN(C)c1ccc(-c2nnc(-c3cccc(Br)c3)o2)cc1. The molecule has 1 aromatic heterocycles. The number of halogens is 1. The Balaban J connectivity index is 1.91. The number of nitrogens with zero attached hydrogens (tertiary/aromatic N) is 3. The van der Waals surface area contributed by atoms with Crippen molar-refractivity contribution < 1.29 is 4.42 Å². The smallest absolute Gasteiger partial charge is 0.248 e. The third-order valence-corrected chi connectivity index (χ3v) is 3.62. The molecule has 0 spiro atoms. The van der Waals surface area contributed by atoms with Crippen LogP contribution in [0.25, 0.3) is 22.9 Å². The van der Waals surface area contributed by atoms with Gasteiger partial charge in [-0.25, -0.2) is 0 Å². The van der Waals surface area contributed by atoms with Crippen LogP contribution in [0, 0.1) is 0 Å². The molecule has 0 aliphatic rings. The van der Waals surface area contributed by atoms with Crippen molar-refractivity contribution in [2.45, 2.75) is 0 Å². The van der Waals surface area contributed by atoms with E-state index in [1.54, 1.807) is 0 Å². The Morgan fingerprint density at radius 1 is 0.905 bits per heavy atom. The van der Waals surface area contributed by atoms with E-state index in [2.05, 4.69) is 26.1 Å². The molecule has 0 unspecified atom stereocenters. The van der Waals surface area contributed by atoms with Gasteiger partial charge in [0.05, 0.1) is 0 Å². The molecule has 0 aliphatic heterocycles. The van der Waals surface area contributed by atoms with Crippen molar-refractivity contribution in [2.75, 3.05) is 19.0 Å². The van der Waals surface area contributed by atoms with Crippen molar-refractivity contribution >= 4 is 21.6 Å². The summed E-state index contributed by atoms with van der Waals surface area (Å²) >= 11 is 3.44. The first-order chi connectivity index (χ1) is 10.1. The van der Waals surface area contributed by atoms with Gasteiger partial charge < -0.3 is 9.32 Å². The van der Waals surface area contributed by atoms with Crippen LogP contribution >= 0.6 is 15.9 Å². The molecule has 0 atom stereocenters. The maximum Gasteiger partial charge on any atom is 0.248 e. The lowest BCUT2D eigenvalue weighted by molar-refractivity contribution is 0.584. The zero-order valence-corrected chi connectivity index (χ0v) is 13.3. The Morgan fingerprint density at radius 2 is 1.57 bits per heavy atom. The average Bonchev–Trinajstić information content (AvgIpc) is 2.97. The van der Waals surface area contributed by atoms with E-state index in [0.29, 0.717) is 11.8 Å². The van der Waals surface area contributed by atoms with E-state index < -0.39 is 0 Å². The van der Waals surface area contributed by atoms with Crippen LogP contribution < -0.4 is 4.90 Å². The first kappa shape index (κ1) is 13.8. The summed E-state index contributed by atoms with van der Waals surface area (Å²) in [6, 6.07) is 15.8. The summed E-state index contributed by atoms with van der Waals surface area (Å²) in [6.07, 6.45) is 0. The van der Waals surface area contributed by atoms with E-state index in [0.717, 1.165) is 21.3 Å². The lowest BCUT2D eigenvalue weighted by Crippen LogP contribution is -2.07. The molecule has 3 rings (SSSR count). The van der Waals surface area contributed by atoms with Crippen LogP contribution in [0.3, 0.4) is 0 Å². The molecule has 0 bridgehead atoms. The summed E-state index contributed by atoms with van der Waals surface area (Å²) in [4.78, 5) is 2.05. The minimum atomic E-state index is 0.517. The second kappa shape index (κ2) is 5.69. The van der Waals surface area contributed by atoms with Crippen molar-refractivity contribution in [1.82, 2.24) is 10.2 Å². The minimum absolute atomic E-state index is 0.517. The van der Waals surface area contributed by atoms with Crippen LogP contribution in [0.2, 0.25) is 0 Å². The largest absolute Gasteiger partial charge is 0.416 e. The molecule has 0 N–H and O–H groups in total. The second-order valence-electron chi connectivity index (χ2n) is 4.86. The Labute approximate surface area is 131 Å². The van der Waals surface area contributed by atoms with Gasteiger partial charge in [0.2, 0.25) is 11.8 Å². The summed E-state index contributed by atoms with van der Waals surface area (Å²) in [6.45, 7) is 0. The van der Waals surface area contributed by atoms with Crippen LogP contribution in [0.15, 0.2) is 57.4 Å². The van der Waals surface area contributed by atoms with E-state index in [4.69, 9.17) is 4.42 Å². The Bertz CT molecular complexity index is 750. The molecule has 0 saturated heterocycles. The van der Waals surface area contributed by atoms with E-state index in [1.807, 2.05) is 67.5 Å². The predicted molar refractivity (Wildman–Crippen MR) is 87.2 cm³/mol. The fourth-order valence-electron chi connectivity index (χ4n) is 1.98. The molecule has 0 saturated carbocycles. The molecule has 4 nitrogen and oxygen atoms in total. The molecule has 1 heterocycles. The predicted octanol–water partition coefficient (Wildman–Crippen LogP) is 4.23. The molecule has 106 valence electrons. The quantitative estimate of drug-likeness (QED) is 0.713. The lowest BCUT2D eigenvalue weighted by atomic mass is 10.2. The fourth-order valence-corrected chi connectivity index (χ4v) is 2.38. The molecule has 3 aromatic rings. The zero-order chi connectivity index (χ0) is 14.8. The third-order valence-electron chi connectivity index (χ3n) is 3.13. The van der Waals surface area contributed by atoms with Gasteiger partial charge in [0.15, 0.2) is 0 Å². The third kappa shape index (κ3) is 2.97. The molecule has 2 aromatic carbocycles. The number of rotatable bonds is 3. The van der Waals surface area contributed by atoms with Gasteiger partial charge in [0, 0.05) is 35.4 Å². The van der Waals surface area contributed by atoms with Crippen molar-refractivity contribution in [2.24, 2.45) is 0 Å². The first-order valence-electron chi connectivity index (χ1n) is 6.51. The lowest BCUT2D eigenvalue weighted by Gasteiger charge is -2.11. The minimum Gasteiger partial charge on any atom is -0.416 e. The number of anilines is 1. The van der Waals surface area contributed by atoms with Gasteiger partial charge in [-0.05, 0) is 42.5 Å². The van der Waals surface area contributed by atoms with Gasteiger partial charge in [-0.1, -0.05) is 22.0 Å². The maximum atomic E-state index is 5.75. The monoisotopic (exact) mass is 343 g/mol. The van der Waals surface area contributed by atoms with Crippen molar-refractivity contribution in [3.63, 3.8) is 0 Å². The van der Waals surface area contributed by atoms with Crippen LogP contribution in [0.1, 0.15) is 0 Å². The summed E-state index contributed by atoms with van der Waals surface area (Å²) in [5.41, 5.74) is 2.94. The standard InChI is InChI=1S/C16H14BrN3O/c1-20(2)14-8-6-11(7-9-14)15-18-19-16(21-15)12-4-3-5-13(17)10-12/h3-10H,1-2H3. The molecule has 0 aliphatic carbocycles. The first-order valence-corrected chi connectivity index (χ1v) is 7.30. The highest BCUT2D eigenvalue weighted by atomic mass is 79.9. The van der Waals surface area contributed by atoms with Gasteiger partial charge in [-0.3, -0.25) is 0 Å². The van der Waals surface area contributed by atoms with Crippen molar-refractivity contribution in [3.8, 4) is 22.9 Å². The Kier molecular flexibility index (Phi) is 3.75. The fraction of sp³-hybridized carbons (Fsp3) is 0.125. The highest BCUT2D eigenvalue weighted by Gasteiger charge is 2.10. The van der Waals surface area contributed by atoms with Gasteiger partial charge in [0.25, 0.3) is 0 Å². The van der Waals surface area contributed by atoms with Crippen molar-refractivity contribution in [3.05, 3.63) is 53.0 Å². The van der Waals surface area contributed by atoms with Gasteiger partial charge in [-0.15, -0.1) is 10.2 Å². The highest BCUT2D eigenvalue weighted by Crippen LogP contribution is 2.26. The zero-order valence-electron chi connectivity index (χ0n) is 11.7. The van der Waals surface area contributed by atoms with Gasteiger partial charge in [-0.2, -0.15) is 0 Å². The molecule has 0 amide bonds. The van der Waals surface area contributed by atoms with Crippen LogP contribution in [-0.2, 0) is 0 Å². The molecule has 0 fully saturated rings. The van der Waals surface area contributed by atoms with Crippen LogP contribution in [-0.4, -0.2) is 24.3 Å². The number of hydrogen-bond donors (Lipinski definition) is 0. The average molecular weight is 344 g/mol. The Morgan fingerprint density at radius 3 is 2.19 bits per heavy atom. The van der Waals surface area contributed by atoms with Gasteiger partial charge in [0.1, 0.15) is 0 Å². The normalized spacial score (nSPS) is 10.6. The van der Waals surface area contributed by atoms with Gasteiger partial charge >= 0.3 is 0 Å². The van der Waals surface area contributed by atoms with Crippen molar-refractivity contribution in [1.29, 1.82) is 0 Å². The van der Waals surface area contributed by atoms with E-state index >= 15 is 0 Å². The number of aromatic nitrogens is 2. The number of benzene rings is 2. The number of hydrogen-bond acceptors (Lipinski definition) is 4. The molecule has 0 radical (unpaired) electrons. The van der Waals surface area contributed by atoms with E-state index in [9.17, 15) is 0 Å². The summed E-state index contributed by atoms with van der Waals surface area (Å²) < 4.78 is 6.74. The van der Waals surface area contributed by atoms with E-state index in [-0.39, 0.29) is 0 Å². The summed E-state index contributed by atoms with van der Waals surface area (Å²) in [7, 11) is 4.01. The van der Waals surface area contributed by atoms with Crippen LogP contribution in [0.4, 0.5) is 5.69 Å². The summed E-state index contributed by atoms with van der Waals surface area (Å²) in [5.74, 6) is 1.04. The van der Waals surface area contributed by atoms with E-state index in [1.165, 1.54) is 0 Å². The Hall–Kier alpha value is -2.14. The molecular formula is C16H14BrN3O. The summed E-state index contributed by atoms with van der Waals surface area (Å²) in [5, 5.41) is 8.23.